The zero-order chi connectivity index (χ0) is 15.5. The molecule has 1 saturated carbocycles. The average Bonchev–Trinajstić information content (AvgIpc) is 2.53. The van der Waals surface area contributed by atoms with Crippen LogP contribution in [0.15, 0.2) is 0 Å². The first-order valence-electron chi connectivity index (χ1n) is 7.14. The molecule has 1 aliphatic carbocycles. The molecule has 2 fully saturated rings. The summed E-state index contributed by atoms with van der Waals surface area (Å²) in [6, 6.07) is -0.721. The van der Waals surface area contributed by atoms with Crippen LogP contribution in [0.4, 0.5) is 0 Å². The van der Waals surface area contributed by atoms with E-state index in [1.54, 1.807) is 21.0 Å². The smallest absolute Gasteiger partial charge is 0.245 e. The van der Waals surface area contributed by atoms with Crippen molar-refractivity contribution in [3.63, 3.8) is 0 Å². The van der Waals surface area contributed by atoms with Gasteiger partial charge in [-0.3, -0.25) is 19.3 Å². The van der Waals surface area contributed by atoms with Gasteiger partial charge in [-0.05, 0) is 25.2 Å². The monoisotopic (exact) mass is 280 g/mol. The summed E-state index contributed by atoms with van der Waals surface area (Å²) in [6.45, 7) is 7.56. The Balaban J connectivity index is 2.42. The molecule has 5 nitrogen and oxygen atoms in total. The third-order valence-electron chi connectivity index (χ3n) is 5.64. The van der Waals surface area contributed by atoms with Crippen LogP contribution in [0.1, 0.15) is 40.5 Å². The Morgan fingerprint density at radius 2 is 1.85 bits per heavy atom. The second-order valence-electron chi connectivity index (χ2n) is 7.07. The molecule has 2 bridgehead atoms. The highest BCUT2D eigenvalue weighted by molar-refractivity contribution is 6.06. The molecule has 0 aromatic carbocycles. The number of carbonyl (C=O) groups excluding carboxylic acids is 3. The van der Waals surface area contributed by atoms with Crippen molar-refractivity contribution < 1.29 is 14.4 Å². The maximum Gasteiger partial charge on any atom is 0.245 e. The lowest BCUT2D eigenvalue weighted by molar-refractivity contribution is -0.173. The number of rotatable bonds is 2. The normalized spacial score (nSPS) is 33.3. The van der Waals surface area contributed by atoms with E-state index in [-0.39, 0.29) is 29.1 Å². The summed E-state index contributed by atoms with van der Waals surface area (Å²) in [4.78, 5) is 40.2. The number of nitrogens with zero attached hydrogens (tertiary/aromatic N) is 2. The molecule has 3 atom stereocenters. The number of fused-ring (bicyclic) bond motifs is 2. The van der Waals surface area contributed by atoms with Crippen molar-refractivity contribution in [3.8, 4) is 0 Å². The van der Waals surface area contributed by atoms with Crippen molar-refractivity contribution in [1.29, 1.82) is 0 Å². The van der Waals surface area contributed by atoms with Crippen LogP contribution in [0.3, 0.4) is 0 Å². The second-order valence-corrected chi connectivity index (χ2v) is 7.07. The van der Waals surface area contributed by atoms with E-state index < -0.39 is 11.5 Å². The van der Waals surface area contributed by atoms with E-state index in [9.17, 15) is 14.4 Å². The van der Waals surface area contributed by atoms with Gasteiger partial charge in [0.15, 0.2) is 0 Å². The van der Waals surface area contributed by atoms with E-state index in [1.807, 2.05) is 20.8 Å². The fraction of sp³-hybridized carbons (Fsp3) is 0.800. The van der Waals surface area contributed by atoms with Crippen molar-refractivity contribution in [1.82, 2.24) is 9.80 Å². The quantitative estimate of drug-likeness (QED) is 0.716. The molecule has 0 aromatic rings. The van der Waals surface area contributed by atoms with Gasteiger partial charge < -0.3 is 4.90 Å². The van der Waals surface area contributed by atoms with Crippen LogP contribution >= 0.6 is 0 Å². The van der Waals surface area contributed by atoms with Crippen LogP contribution in [-0.2, 0) is 14.4 Å². The van der Waals surface area contributed by atoms with Crippen LogP contribution in [-0.4, -0.2) is 47.7 Å². The fourth-order valence-electron chi connectivity index (χ4n) is 3.70. The lowest BCUT2D eigenvalue weighted by Gasteiger charge is -2.49. The molecule has 1 saturated heterocycles. The maximum atomic E-state index is 12.8. The van der Waals surface area contributed by atoms with E-state index in [0.29, 0.717) is 6.42 Å². The summed E-state index contributed by atoms with van der Waals surface area (Å²) in [5, 5.41) is 0. The van der Waals surface area contributed by atoms with Gasteiger partial charge in [0, 0.05) is 20.0 Å². The van der Waals surface area contributed by atoms with Crippen molar-refractivity contribution in [3.05, 3.63) is 0 Å². The molecular formula is C15H24N2O3. The van der Waals surface area contributed by atoms with Crippen LogP contribution < -0.4 is 0 Å². The first kappa shape index (κ1) is 15.0. The number of piperidine rings is 1. The number of hydrogen-bond acceptors (Lipinski definition) is 3. The average molecular weight is 280 g/mol. The first-order chi connectivity index (χ1) is 9.05. The van der Waals surface area contributed by atoms with Gasteiger partial charge in [-0.2, -0.15) is 0 Å². The summed E-state index contributed by atoms with van der Waals surface area (Å²) in [5.41, 5.74) is -0.884. The van der Waals surface area contributed by atoms with Crippen LogP contribution in [0, 0.1) is 16.7 Å². The summed E-state index contributed by atoms with van der Waals surface area (Å²) in [5.74, 6) is -0.751. The van der Waals surface area contributed by atoms with Crippen LogP contribution in [0.5, 0.6) is 0 Å². The van der Waals surface area contributed by atoms with Gasteiger partial charge >= 0.3 is 0 Å². The lowest BCUT2D eigenvalue weighted by Crippen LogP contribution is -2.63. The molecular weight excluding hydrogens is 256 g/mol. The topological polar surface area (TPSA) is 57.7 Å². The summed E-state index contributed by atoms with van der Waals surface area (Å²) < 4.78 is 0. The highest BCUT2D eigenvalue weighted by Gasteiger charge is 2.65. The van der Waals surface area contributed by atoms with Crippen LogP contribution in [0.25, 0.3) is 0 Å². The summed E-state index contributed by atoms with van der Waals surface area (Å²) >= 11 is 0. The van der Waals surface area contributed by atoms with E-state index >= 15 is 0 Å². The molecule has 0 spiro atoms. The third kappa shape index (κ3) is 1.64. The summed E-state index contributed by atoms with van der Waals surface area (Å²) in [6.07, 6.45) is 1.45. The fourth-order valence-corrected chi connectivity index (χ4v) is 3.70. The van der Waals surface area contributed by atoms with Gasteiger partial charge in [-0.25, -0.2) is 0 Å². The van der Waals surface area contributed by atoms with Crippen molar-refractivity contribution in [2.75, 3.05) is 14.1 Å². The van der Waals surface area contributed by atoms with E-state index in [1.165, 1.54) is 9.80 Å². The predicted molar refractivity (Wildman–Crippen MR) is 74.6 cm³/mol. The van der Waals surface area contributed by atoms with Gasteiger partial charge in [0.05, 0.1) is 5.41 Å². The molecule has 0 radical (unpaired) electrons. The summed E-state index contributed by atoms with van der Waals surface area (Å²) in [7, 11) is 3.27. The van der Waals surface area contributed by atoms with Crippen molar-refractivity contribution >= 4 is 17.7 Å². The van der Waals surface area contributed by atoms with Gasteiger partial charge in [-0.15, -0.1) is 0 Å². The molecule has 2 aliphatic rings. The molecule has 112 valence electrons. The zero-order valence-electron chi connectivity index (χ0n) is 13.2. The standard InChI is InChI=1S/C15H24N2O3/c1-9(11(18)16(5)6)17-12(19)10-7-8-15(4,13(17)20)14(10,2)3/h9-10H,7-8H2,1-6H3. The number of likely N-dealkylation sites (N-methyl/N-ethyl adjacent to an activating group) is 1. The van der Waals surface area contributed by atoms with E-state index in [0.717, 1.165) is 6.42 Å². The second kappa shape index (κ2) is 4.30. The highest BCUT2D eigenvalue weighted by atomic mass is 16.2. The Hall–Kier alpha value is -1.39. The number of imide groups is 1. The third-order valence-corrected chi connectivity index (χ3v) is 5.64. The minimum Gasteiger partial charge on any atom is -0.347 e. The van der Waals surface area contributed by atoms with Crippen molar-refractivity contribution in [2.45, 2.75) is 46.6 Å². The Morgan fingerprint density at radius 3 is 2.35 bits per heavy atom. The molecule has 3 unspecified atom stereocenters. The largest absolute Gasteiger partial charge is 0.347 e. The molecule has 0 aromatic heterocycles. The number of likely N-dealkylation sites (tertiary alicyclic amines) is 1. The van der Waals surface area contributed by atoms with E-state index in [2.05, 4.69) is 0 Å². The van der Waals surface area contributed by atoms with Crippen LogP contribution in [0.2, 0.25) is 0 Å². The Morgan fingerprint density at radius 1 is 1.30 bits per heavy atom. The molecule has 20 heavy (non-hydrogen) atoms. The van der Waals surface area contributed by atoms with Gasteiger partial charge in [-0.1, -0.05) is 20.8 Å². The molecule has 5 heteroatoms. The maximum absolute atomic E-state index is 12.8. The zero-order valence-corrected chi connectivity index (χ0v) is 13.2. The minimum atomic E-state index is -0.721. The van der Waals surface area contributed by atoms with E-state index in [4.69, 9.17) is 0 Å². The minimum absolute atomic E-state index is 0.164. The Bertz CT molecular complexity index is 484. The molecule has 2 rings (SSSR count). The Labute approximate surface area is 120 Å². The Kier molecular flexibility index (Phi) is 3.23. The number of amides is 3. The predicted octanol–water partition coefficient (Wildman–Crippen LogP) is 1.27. The van der Waals surface area contributed by atoms with Gasteiger partial charge in [0.1, 0.15) is 6.04 Å². The van der Waals surface area contributed by atoms with Crippen molar-refractivity contribution in [2.24, 2.45) is 16.7 Å². The highest BCUT2D eigenvalue weighted by Crippen LogP contribution is 2.60. The molecule has 1 heterocycles. The molecule has 0 N–H and O–H groups in total. The molecule has 1 aliphatic heterocycles. The number of hydrogen-bond donors (Lipinski definition) is 0. The molecule has 3 amide bonds. The first-order valence-corrected chi connectivity index (χ1v) is 7.14. The SMILES string of the molecule is CC(C(=O)N(C)C)N1C(=O)C2CCC(C)(C1=O)C2(C)C. The van der Waals surface area contributed by atoms with Gasteiger partial charge in [0.2, 0.25) is 17.7 Å². The van der Waals surface area contributed by atoms with Gasteiger partial charge in [0.25, 0.3) is 0 Å². The lowest BCUT2D eigenvalue weighted by atomic mass is 9.62. The number of carbonyl (C=O) groups is 3.